The van der Waals surface area contributed by atoms with Crippen molar-refractivity contribution in [3.05, 3.63) is 52.5 Å². The topological polar surface area (TPSA) is 85.4 Å². The maximum atomic E-state index is 15.3. The highest BCUT2D eigenvalue weighted by Gasteiger charge is 2.26. The third kappa shape index (κ3) is 5.51. The first-order valence-electron chi connectivity index (χ1n) is 13.4. The number of allylic oxidation sites excluding steroid dienone is 1. The van der Waals surface area contributed by atoms with Gasteiger partial charge >= 0.3 is 6.01 Å². The van der Waals surface area contributed by atoms with Crippen LogP contribution < -0.4 is 15.0 Å². The highest BCUT2D eigenvalue weighted by molar-refractivity contribution is 5.66. The zero-order valence-corrected chi connectivity index (χ0v) is 22.3. The summed E-state index contributed by atoms with van der Waals surface area (Å²) in [5.41, 5.74) is 3.83. The third-order valence-corrected chi connectivity index (χ3v) is 7.42. The van der Waals surface area contributed by atoms with Crippen LogP contribution in [0.2, 0.25) is 0 Å². The molecule has 0 radical (unpaired) electrons. The molecule has 2 aliphatic carbocycles. The summed E-state index contributed by atoms with van der Waals surface area (Å²) in [5.74, 6) is 2.33. The molecule has 0 spiro atoms. The molecule has 2 N–H and O–H groups in total. The van der Waals surface area contributed by atoms with Gasteiger partial charge in [0.05, 0.1) is 0 Å². The second-order valence-electron chi connectivity index (χ2n) is 10.9. The van der Waals surface area contributed by atoms with Crippen LogP contribution in [-0.2, 0) is 6.42 Å². The van der Waals surface area contributed by atoms with E-state index in [1.807, 2.05) is 31.2 Å². The fourth-order valence-electron chi connectivity index (χ4n) is 5.06. The van der Waals surface area contributed by atoms with Gasteiger partial charge in [0, 0.05) is 68.6 Å². The average Bonchev–Trinajstić information content (AvgIpc) is 3.53. The Morgan fingerprint density at radius 2 is 1.92 bits per heavy atom. The lowest BCUT2D eigenvalue weighted by atomic mass is 10.1. The summed E-state index contributed by atoms with van der Waals surface area (Å²) < 4.78 is 21.3. The van der Waals surface area contributed by atoms with Gasteiger partial charge < -0.3 is 19.9 Å². The van der Waals surface area contributed by atoms with Gasteiger partial charge in [-0.2, -0.15) is 15.1 Å². The van der Waals surface area contributed by atoms with E-state index in [1.54, 1.807) is 6.07 Å². The van der Waals surface area contributed by atoms with E-state index in [4.69, 9.17) is 9.72 Å². The van der Waals surface area contributed by atoms with E-state index in [2.05, 4.69) is 49.3 Å². The third-order valence-electron chi connectivity index (χ3n) is 7.42. The van der Waals surface area contributed by atoms with Crippen LogP contribution in [0.4, 0.5) is 21.8 Å². The summed E-state index contributed by atoms with van der Waals surface area (Å²) in [6.45, 7) is 7.67. The Balaban J connectivity index is 1.25. The molecule has 3 aliphatic rings. The van der Waals surface area contributed by atoms with E-state index < -0.39 is 0 Å². The molecule has 0 amide bonds. The van der Waals surface area contributed by atoms with Crippen molar-refractivity contribution in [2.24, 2.45) is 0 Å². The summed E-state index contributed by atoms with van der Waals surface area (Å²) in [5, 5.41) is 10.8. The largest absolute Gasteiger partial charge is 0.421 e. The van der Waals surface area contributed by atoms with Crippen LogP contribution in [0.5, 0.6) is 11.8 Å². The van der Waals surface area contributed by atoms with Crippen LogP contribution >= 0.6 is 0 Å². The molecule has 0 atom stereocenters. The second kappa shape index (κ2) is 10.3. The van der Waals surface area contributed by atoms with Gasteiger partial charge in [0.25, 0.3) is 0 Å². The number of H-pyrrole nitrogens is 1. The number of aromatic amines is 1. The van der Waals surface area contributed by atoms with E-state index in [0.29, 0.717) is 23.1 Å². The van der Waals surface area contributed by atoms with E-state index in [-0.39, 0.29) is 17.6 Å². The van der Waals surface area contributed by atoms with Crippen molar-refractivity contribution < 1.29 is 9.13 Å². The smallest absolute Gasteiger partial charge is 0.326 e. The molecule has 2 fully saturated rings. The number of nitrogens with zero attached hydrogens (tertiary/aromatic N) is 6. The number of rotatable bonds is 9. The Labute approximate surface area is 222 Å². The first-order valence-corrected chi connectivity index (χ1v) is 13.4. The predicted molar refractivity (Wildman–Crippen MR) is 147 cm³/mol. The summed E-state index contributed by atoms with van der Waals surface area (Å²) in [6, 6.07) is 7.63. The van der Waals surface area contributed by atoms with Gasteiger partial charge in [0.1, 0.15) is 11.6 Å². The highest BCUT2D eigenvalue weighted by atomic mass is 19.1. The molecule has 1 saturated heterocycles. The first kappa shape index (κ1) is 24.8. The summed E-state index contributed by atoms with van der Waals surface area (Å²) in [4.78, 5) is 16.2. The number of hydrogen-bond acceptors (Lipinski definition) is 8. The van der Waals surface area contributed by atoms with Gasteiger partial charge in [-0.1, -0.05) is 17.7 Å². The molecule has 1 aliphatic heterocycles. The van der Waals surface area contributed by atoms with Gasteiger partial charge in [-0.25, -0.2) is 4.39 Å². The van der Waals surface area contributed by atoms with Gasteiger partial charge in [-0.3, -0.25) is 10.00 Å². The van der Waals surface area contributed by atoms with Crippen LogP contribution in [0.15, 0.2) is 29.8 Å². The van der Waals surface area contributed by atoms with Crippen molar-refractivity contribution in [1.29, 1.82) is 0 Å². The number of halogens is 1. The Hall–Kier alpha value is -3.50. The molecule has 200 valence electrons. The van der Waals surface area contributed by atoms with Crippen molar-refractivity contribution >= 4 is 23.5 Å². The molecule has 0 unspecified atom stereocenters. The number of benzene rings is 1. The molecular weight excluding hydrogens is 483 g/mol. The number of piperazine rings is 1. The summed E-state index contributed by atoms with van der Waals surface area (Å²) in [7, 11) is 4.20. The molecule has 1 aromatic carbocycles. The Bertz CT molecular complexity index is 1340. The SMILES string of the molecule is CC1=Cc2c(ccc(Oc3nc(Nc4cc(C5CC5)[nH]n4)cc(N4CCN(CCN(C)C)CC4)n3)c2F)C1. The molecule has 0 bridgehead atoms. The van der Waals surface area contributed by atoms with E-state index in [1.165, 1.54) is 12.8 Å². The number of hydrogen-bond donors (Lipinski definition) is 2. The number of ether oxygens (including phenoxy) is 1. The fourth-order valence-corrected chi connectivity index (χ4v) is 5.06. The number of fused-ring (bicyclic) bond motifs is 1. The molecule has 9 nitrogen and oxygen atoms in total. The van der Waals surface area contributed by atoms with Gasteiger partial charge in [-0.05, 0) is 51.9 Å². The lowest BCUT2D eigenvalue weighted by Gasteiger charge is -2.35. The van der Waals surface area contributed by atoms with Crippen molar-refractivity contribution in [3.63, 3.8) is 0 Å². The minimum Gasteiger partial charge on any atom is -0.421 e. The number of nitrogens with one attached hydrogen (secondary N) is 2. The lowest BCUT2D eigenvalue weighted by Crippen LogP contribution is -2.48. The minimum absolute atomic E-state index is 0.107. The zero-order valence-electron chi connectivity index (χ0n) is 22.3. The standard InChI is InChI=1S/C28H35FN8O/c1-18-14-20-6-7-23(27(29)21(20)15-18)38-28-31-24(30-25-16-22(33-34-25)19-4-5-19)17-26(32-28)37-12-10-36(11-13-37)9-8-35(2)3/h6-7,15-17,19H,4-5,8-14H2,1-3H3,(H2,30,31,32,33,34). The molecule has 10 heteroatoms. The Morgan fingerprint density at radius 1 is 1.11 bits per heavy atom. The van der Waals surface area contributed by atoms with E-state index in [9.17, 15) is 0 Å². The van der Waals surface area contributed by atoms with Crippen LogP contribution in [0.25, 0.3) is 6.08 Å². The highest BCUT2D eigenvalue weighted by Crippen LogP contribution is 2.40. The number of anilines is 3. The second-order valence-corrected chi connectivity index (χ2v) is 10.9. The van der Waals surface area contributed by atoms with Gasteiger partial charge in [0.15, 0.2) is 17.4 Å². The van der Waals surface area contributed by atoms with Crippen molar-refractivity contribution in [1.82, 2.24) is 30.0 Å². The maximum absolute atomic E-state index is 15.3. The van der Waals surface area contributed by atoms with Gasteiger partial charge in [0.2, 0.25) is 0 Å². The van der Waals surface area contributed by atoms with Crippen molar-refractivity contribution in [2.75, 3.05) is 63.6 Å². The minimum atomic E-state index is -0.376. The van der Waals surface area contributed by atoms with E-state index in [0.717, 1.165) is 68.3 Å². The Kier molecular flexibility index (Phi) is 6.75. The van der Waals surface area contributed by atoms with E-state index >= 15 is 4.39 Å². The molecule has 6 rings (SSSR count). The normalized spacial score (nSPS) is 17.6. The zero-order chi connectivity index (χ0) is 26.2. The molecule has 38 heavy (non-hydrogen) atoms. The monoisotopic (exact) mass is 518 g/mol. The van der Waals surface area contributed by atoms with Crippen molar-refractivity contribution in [3.8, 4) is 11.8 Å². The summed E-state index contributed by atoms with van der Waals surface area (Å²) in [6.07, 6.45) is 5.03. The number of aromatic nitrogens is 4. The fraction of sp³-hybridized carbons (Fsp3) is 0.464. The van der Waals surface area contributed by atoms with Gasteiger partial charge in [-0.15, -0.1) is 0 Å². The quantitative estimate of drug-likeness (QED) is 0.431. The lowest BCUT2D eigenvalue weighted by molar-refractivity contribution is 0.229. The van der Waals surface area contributed by atoms with Crippen LogP contribution in [-0.4, -0.2) is 83.3 Å². The molecule has 3 heterocycles. The summed E-state index contributed by atoms with van der Waals surface area (Å²) >= 11 is 0. The average molecular weight is 519 g/mol. The molecule has 2 aromatic heterocycles. The molecule has 1 saturated carbocycles. The maximum Gasteiger partial charge on any atom is 0.326 e. The predicted octanol–water partition coefficient (Wildman–Crippen LogP) is 4.40. The van der Waals surface area contributed by atoms with Crippen LogP contribution in [0, 0.1) is 5.82 Å². The first-order chi connectivity index (χ1) is 18.4. The molecule has 3 aromatic rings. The Morgan fingerprint density at radius 3 is 2.68 bits per heavy atom. The van der Waals surface area contributed by atoms with Crippen molar-refractivity contribution in [2.45, 2.75) is 32.1 Å². The van der Waals surface area contributed by atoms with Crippen LogP contribution in [0.3, 0.4) is 0 Å². The van der Waals surface area contributed by atoms with Crippen LogP contribution in [0.1, 0.15) is 42.5 Å². The molecular formula is C28H35FN8O. The number of likely N-dealkylation sites (N-methyl/N-ethyl adjacent to an activating group) is 1.